The molecule has 1 fully saturated rings. The van der Waals surface area contributed by atoms with Gasteiger partial charge in [-0.15, -0.1) is 0 Å². The van der Waals surface area contributed by atoms with Gasteiger partial charge < -0.3 is 10.2 Å². The van der Waals surface area contributed by atoms with Crippen molar-refractivity contribution in [2.75, 3.05) is 13.1 Å². The van der Waals surface area contributed by atoms with Crippen molar-refractivity contribution >= 4 is 22.0 Å². The van der Waals surface area contributed by atoms with Gasteiger partial charge in [0.25, 0.3) is 0 Å². The highest BCUT2D eigenvalue weighted by Crippen LogP contribution is 2.17. The first kappa shape index (κ1) is 13.4. The number of nitrogens with zero attached hydrogens (tertiary/aromatic N) is 1. The molecule has 0 aliphatic carbocycles. The smallest absolute Gasteiger partial charge is 0.317 e. The van der Waals surface area contributed by atoms with Crippen molar-refractivity contribution in [1.29, 1.82) is 0 Å². The maximum Gasteiger partial charge on any atom is 0.317 e. The molecule has 1 heterocycles. The Labute approximate surface area is 117 Å². The number of carbonyl (C=O) groups excluding carboxylic acids is 1. The Morgan fingerprint density at radius 3 is 2.44 bits per heavy atom. The van der Waals surface area contributed by atoms with Crippen LogP contribution < -0.4 is 5.32 Å². The number of nitrogens with one attached hydrogen (secondary N) is 1. The predicted molar refractivity (Wildman–Crippen MR) is 76.5 cm³/mol. The summed E-state index contributed by atoms with van der Waals surface area (Å²) in [5, 5.41) is 3.06. The van der Waals surface area contributed by atoms with Gasteiger partial charge in [-0.25, -0.2) is 4.79 Å². The van der Waals surface area contributed by atoms with E-state index >= 15 is 0 Å². The molecule has 3 nitrogen and oxygen atoms in total. The lowest BCUT2D eigenvalue weighted by Crippen LogP contribution is -2.43. The van der Waals surface area contributed by atoms with Crippen LogP contribution in [-0.4, -0.2) is 24.0 Å². The Hall–Kier alpha value is -1.03. The monoisotopic (exact) mass is 310 g/mol. The SMILES string of the molecule is C[C@@H](NC(=O)N1CCCCC1)c1ccc(Br)cc1. The average molecular weight is 311 g/mol. The van der Waals surface area contributed by atoms with E-state index in [0.29, 0.717) is 0 Å². The largest absolute Gasteiger partial charge is 0.331 e. The first-order valence-corrected chi connectivity index (χ1v) is 7.27. The van der Waals surface area contributed by atoms with Gasteiger partial charge in [-0.1, -0.05) is 28.1 Å². The molecule has 0 bridgehead atoms. The Kier molecular flexibility index (Phi) is 4.64. The molecule has 0 aromatic heterocycles. The van der Waals surface area contributed by atoms with Crippen LogP contribution in [0.25, 0.3) is 0 Å². The molecule has 1 N–H and O–H groups in total. The fourth-order valence-corrected chi connectivity index (χ4v) is 2.47. The summed E-state index contributed by atoms with van der Waals surface area (Å²) in [6, 6.07) is 8.17. The number of piperidine rings is 1. The number of halogens is 1. The van der Waals surface area contributed by atoms with E-state index in [2.05, 4.69) is 21.2 Å². The maximum absolute atomic E-state index is 12.1. The summed E-state index contributed by atoms with van der Waals surface area (Å²) >= 11 is 3.41. The second kappa shape index (κ2) is 6.23. The zero-order chi connectivity index (χ0) is 13.0. The van der Waals surface area contributed by atoms with E-state index in [1.807, 2.05) is 36.1 Å². The van der Waals surface area contributed by atoms with E-state index < -0.39 is 0 Å². The third-order valence-corrected chi connectivity index (χ3v) is 3.88. The van der Waals surface area contributed by atoms with Gasteiger partial charge in [0.1, 0.15) is 0 Å². The van der Waals surface area contributed by atoms with Crippen LogP contribution >= 0.6 is 15.9 Å². The highest BCUT2D eigenvalue weighted by atomic mass is 79.9. The number of likely N-dealkylation sites (tertiary alicyclic amines) is 1. The molecule has 0 radical (unpaired) electrons. The van der Waals surface area contributed by atoms with Crippen LogP contribution in [0.5, 0.6) is 0 Å². The zero-order valence-electron chi connectivity index (χ0n) is 10.7. The fraction of sp³-hybridized carbons (Fsp3) is 0.500. The number of amides is 2. The maximum atomic E-state index is 12.1. The summed E-state index contributed by atoms with van der Waals surface area (Å²) in [6.45, 7) is 3.79. The molecule has 1 saturated heterocycles. The number of benzene rings is 1. The molecule has 0 unspecified atom stereocenters. The summed E-state index contributed by atoms with van der Waals surface area (Å²) < 4.78 is 1.06. The summed E-state index contributed by atoms with van der Waals surface area (Å²) in [6.07, 6.45) is 3.49. The Morgan fingerprint density at radius 1 is 1.22 bits per heavy atom. The molecule has 2 rings (SSSR count). The van der Waals surface area contributed by atoms with Crippen molar-refractivity contribution in [3.8, 4) is 0 Å². The van der Waals surface area contributed by atoms with Gasteiger partial charge in [-0.2, -0.15) is 0 Å². The van der Waals surface area contributed by atoms with Crippen LogP contribution in [0.2, 0.25) is 0 Å². The number of hydrogen-bond donors (Lipinski definition) is 1. The van der Waals surface area contributed by atoms with Gasteiger partial charge in [-0.05, 0) is 43.9 Å². The highest BCUT2D eigenvalue weighted by Gasteiger charge is 2.18. The van der Waals surface area contributed by atoms with Gasteiger partial charge in [0.05, 0.1) is 6.04 Å². The summed E-state index contributed by atoms with van der Waals surface area (Å²) in [4.78, 5) is 14.0. The first-order chi connectivity index (χ1) is 8.66. The van der Waals surface area contributed by atoms with Gasteiger partial charge in [-0.3, -0.25) is 0 Å². The molecule has 0 saturated carbocycles. The third-order valence-electron chi connectivity index (χ3n) is 3.35. The van der Waals surface area contributed by atoms with Crippen molar-refractivity contribution in [3.05, 3.63) is 34.3 Å². The second-order valence-corrected chi connectivity index (χ2v) is 5.69. The highest BCUT2D eigenvalue weighted by molar-refractivity contribution is 9.10. The van der Waals surface area contributed by atoms with Gasteiger partial charge in [0.2, 0.25) is 0 Å². The molecule has 98 valence electrons. The Morgan fingerprint density at radius 2 is 1.83 bits per heavy atom. The predicted octanol–water partition coefficient (Wildman–Crippen LogP) is 3.71. The fourth-order valence-electron chi connectivity index (χ4n) is 2.21. The minimum atomic E-state index is 0.0486. The summed E-state index contributed by atoms with van der Waals surface area (Å²) in [7, 11) is 0. The number of rotatable bonds is 2. The second-order valence-electron chi connectivity index (χ2n) is 4.77. The van der Waals surface area contributed by atoms with Crippen LogP contribution in [0.4, 0.5) is 4.79 Å². The standard InChI is InChI=1S/C14H19BrN2O/c1-11(12-5-7-13(15)8-6-12)16-14(18)17-9-3-2-4-10-17/h5-8,11H,2-4,9-10H2,1H3,(H,16,18)/t11-/m1/s1. The Balaban J connectivity index is 1.91. The summed E-state index contributed by atoms with van der Waals surface area (Å²) in [5.74, 6) is 0. The lowest BCUT2D eigenvalue weighted by atomic mass is 10.1. The van der Waals surface area contributed by atoms with Crippen LogP contribution in [-0.2, 0) is 0 Å². The molecule has 1 aromatic rings. The lowest BCUT2D eigenvalue weighted by molar-refractivity contribution is 0.183. The van der Waals surface area contributed by atoms with Crippen LogP contribution in [0.1, 0.15) is 37.8 Å². The number of urea groups is 1. The topological polar surface area (TPSA) is 32.3 Å². The van der Waals surface area contributed by atoms with Gasteiger partial charge in [0, 0.05) is 17.6 Å². The van der Waals surface area contributed by atoms with Crippen LogP contribution in [0, 0.1) is 0 Å². The van der Waals surface area contributed by atoms with E-state index in [0.717, 1.165) is 36.0 Å². The minimum absolute atomic E-state index is 0.0486. The van der Waals surface area contributed by atoms with E-state index in [4.69, 9.17) is 0 Å². The molecule has 2 amide bonds. The van der Waals surface area contributed by atoms with Gasteiger partial charge in [0.15, 0.2) is 0 Å². The van der Waals surface area contributed by atoms with E-state index in [-0.39, 0.29) is 12.1 Å². The first-order valence-electron chi connectivity index (χ1n) is 6.48. The molecule has 1 atom stereocenters. The molecule has 1 aliphatic rings. The summed E-state index contributed by atoms with van der Waals surface area (Å²) in [5.41, 5.74) is 1.13. The number of hydrogen-bond acceptors (Lipinski definition) is 1. The van der Waals surface area contributed by atoms with Crippen molar-refractivity contribution in [3.63, 3.8) is 0 Å². The molecule has 1 aliphatic heterocycles. The van der Waals surface area contributed by atoms with E-state index in [1.54, 1.807) is 0 Å². The van der Waals surface area contributed by atoms with Crippen LogP contribution in [0.15, 0.2) is 28.7 Å². The normalized spacial score (nSPS) is 17.3. The quantitative estimate of drug-likeness (QED) is 0.887. The van der Waals surface area contributed by atoms with Gasteiger partial charge >= 0.3 is 6.03 Å². The number of carbonyl (C=O) groups is 1. The molecule has 4 heteroatoms. The van der Waals surface area contributed by atoms with Crippen molar-refractivity contribution in [2.24, 2.45) is 0 Å². The molecular weight excluding hydrogens is 292 g/mol. The van der Waals surface area contributed by atoms with E-state index in [9.17, 15) is 4.79 Å². The van der Waals surface area contributed by atoms with Crippen molar-refractivity contribution < 1.29 is 4.79 Å². The molecule has 0 spiro atoms. The zero-order valence-corrected chi connectivity index (χ0v) is 12.2. The van der Waals surface area contributed by atoms with E-state index in [1.165, 1.54) is 6.42 Å². The average Bonchev–Trinajstić information content (AvgIpc) is 2.40. The van der Waals surface area contributed by atoms with Crippen molar-refractivity contribution in [2.45, 2.75) is 32.2 Å². The lowest BCUT2D eigenvalue weighted by Gasteiger charge is -2.28. The third kappa shape index (κ3) is 3.48. The minimum Gasteiger partial charge on any atom is -0.331 e. The molecule has 18 heavy (non-hydrogen) atoms. The molecular formula is C14H19BrN2O. The van der Waals surface area contributed by atoms with Crippen molar-refractivity contribution in [1.82, 2.24) is 10.2 Å². The Bertz CT molecular complexity index is 399. The molecule has 1 aromatic carbocycles. The van der Waals surface area contributed by atoms with Crippen LogP contribution in [0.3, 0.4) is 0 Å².